The second kappa shape index (κ2) is 8.03. The normalized spacial score (nSPS) is 11.7. The lowest BCUT2D eigenvalue weighted by Gasteiger charge is -2.16. The van der Waals surface area contributed by atoms with Crippen molar-refractivity contribution in [1.82, 2.24) is 5.32 Å². The van der Waals surface area contributed by atoms with E-state index in [0.717, 1.165) is 11.1 Å². The maximum atomic E-state index is 12.0. The van der Waals surface area contributed by atoms with Crippen molar-refractivity contribution in [2.45, 2.75) is 26.8 Å². The Morgan fingerprint density at radius 3 is 2.52 bits per heavy atom. The molecular weight excluding hydrogens is 340 g/mol. The molecule has 2 aromatic carbocycles. The van der Waals surface area contributed by atoms with Gasteiger partial charge in [0, 0.05) is 0 Å². The van der Waals surface area contributed by atoms with Gasteiger partial charge in [-0.2, -0.15) is 0 Å². The van der Waals surface area contributed by atoms with Gasteiger partial charge < -0.3 is 15.8 Å². The third-order valence-corrected chi connectivity index (χ3v) is 4.32. The molecule has 0 heterocycles. The van der Waals surface area contributed by atoms with Crippen LogP contribution in [-0.4, -0.2) is 18.5 Å². The third kappa shape index (κ3) is 4.97. The maximum absolute atomic E-state index is 12.0. The molecule has 25 heavy (non-hydrogen) atoms. The highest BCUT2D eigenvalue weighted by atomic mass is 35.5. The molecule has 3 N–H and O–H groups in total. The zero-order chi connectivity index (χ0) is 18.6. The molecule has 6 heteroatoms. The summed E-state index contributed by atoms with van der Waals surface area (Å²) in [4.78, 5) is 24.0. The van der Waals surface area contributed by atoms with Crippen LogP contribution in [0.3, 0.4) is 0 Å². The first kappa shape index (κ1) is 18.8. The minimum atomic E-state index is -0.627. The Kier molecular flexibility index (Phi) is 6.04. The molecule has 0 radical (unpaired) electrons. The second-order valence-corrected chi connectivity index (χ2v) is 6.35. The fraction of sp³-hybridized carbons (Fsp3) is 0.263. The van der Waals surface area contributed by atoms with Crippen LogP contribution in [0, 0.1) is 13.8 Å². The van der Waals surface area contributed by atoms with Gasteiger partial charge in [-0.05, 0) is 55.7 Å². The molecule has 0 aromatic heterocycles. The summed E-state index contributed by atoms with van der Waals surface area (Å²) in [6.07, 6.45) is 0. The molecule has 0 bridgehead atoms. The molecule has 0 fully saturated rings. The SMILES string of the molecule is Cc1ccc([C@@H](C)NC(=O)COC(=O)c2ccc(Cl)c(N)c2)cc1C. The Morgan fingerprint density at radius 1 is 1.16 bits per heavy atom. The molecule has 132 valence electrons. The smallest absolute Gasteiger partial charge is 0.338 e. The van der Waals surface area contributed by atoms with E-state index >= 15 is 0 Å². The minimum absolute atomic E-state index is 0.184. The lowest BCUT2D eigenvalue weighted by Crippen LogP contribution is -2.31. The lowest BCUT2D eigenvalue weighted by molar-refractivity contribution is -0.124. The van der Waals surface area contributed by atoms with Gasteiger partial charge in [0.1, 0.15) is 0 Å². The number of nitrogens with one attached hydrogen (secondary N) is 1. The summed E-state index contributed by atoms with van der Waals surface area (Å²) in [5.41, 5.74) is 9.52. The van der Waals surface area contributed by atoms with Crippen LogP contribution in [0.4, 0.5) is 5.69 Å². The van der Waals surface area contributed by atoms with Crippen molar-refractivity contribution >= 4 is 29.2 Å². The van der Waals surface area contributed by atoms with Crippen LogP contribution in [0.25, 0.3) is 0 Å². The average Bonchev–Trinajstić information content (AvgIpc) is 2.57. The number of rotatable bonds is 5. The van der Waals surface area contributed by atoms with E-state index in [2.05, 4.69) is 5.32 Å². The summed E-state index contributed by atoms with van der Waals surface area (Å²) in [6.45, 7) is 5.57. The Hall–Kier alpha value is -2.53. The minimum Gasteiger partial charge on any atom is -0.452 e. The summed E-state index contributed by atoms with van der Waals surface area (Å²) >= 11 is 5.81. The Balaban J connectivity index is 1.90. The average molecular weight is 361 g/mol. The van der Waals surface area contributed by atoms with E-state index in [1.54, 1.807) is 0 Å². The monoisotopic (exact) mass is 360 g/mol. The number of carbonyl (C=O) groups is 2. The number of hydrogen-bond acceptors (Lipinski definition) is 4. The van der Waals surface area contributed by atoms with Gasteiger partial charge in [-0.15, -0.1) is 0 Å². The van der Waals surface area contributed by atoms with E-state index in [9.17, 15) is 9.59 Å². The first-order valence-electron chi connectivity index (χ1n) is 7.86. The topological polar surface area (TPSA) is 81.4 Å². The number of nitrogen functional groups attached to an aromatic ring is 1. The summed E-state index contributed by atoms with van der Waals surface area (Å²) < 4.78 is 5.01. The van der Waals surface area contributed by atoms with Crippen molar-refractivity contribution < 1.29 is 14.3 Å². The summed E-state index contributed by atoms with van der Waals surface area (Å²) in [5.74, 6) is -1.00. The third-order valence-electron chi connectivity index (χ3n) is 3.97. The van der Waals surface area contributed by atoms with E-state index in [0.29, 0.717) is 5.02 Å². The molecule has 1 atom stereocenters. The fourth-order valence-electron chi connectivity index (χ4n) is 2.29. The maximum Gasteiger partial charge on any atom is 0.338 e. The van der Waals surface area contributed by atoms with Gasteiger partial charge in [-0.3, -0.25) is 4.79 Å². The number of amides is 1. The molecule has 0 unspecified atom stereocenters. The molecule has 1 amide bonds. The zero-order valence-electron chi connectivity index (χ0n) is 14.4. The highest BCUT2D eigenvalue weighted by molar-refractivity contribution is 6.33. The number of anilines is 1. The molecule has 2 aromatic rings. The molecule has 0 spiro atoms. The van der Waals surface area contributed by atoms with Crippen molar-refractivity contribution in [3.8, 4) is 0 Å². The summed E-state index contributed by atoms with van der Waals surface area (Å²) in [7, 11) is 0. The van der Waals surface area contributed by atoms with Crippen LogP contribution in [-0.2, 0) is 9.53 Å². The van der Waals surface area contributed by atoms with Crippen LogP contribution in [0.2, 0.25) is 5.02 Å². The zero-order valence-corrected chi connectivity index (χ0v) is 15.2. The van der Waals surface area contributed by atoms with Gasteiger partial charge in [0.2, 0.25) is 0 Å². The van der Waals surface area contributed by atoms with Crippen molar-refractivity contribution in [2.75, 3.05) is 12.3 Å². The van der Waals surface area contributed by atoms with Crippen LogP contribution in [0.1, 0.15) is 40.0 Å². The molecule has 0 aliphatic heterocycles. The lowest BCUT2D eigenvalue weighted by atomic mass is 10.0. The summed E-state index contributed by atoms with van der Waals surface area (Å²) in [5, 5.41) is 3.17. The first-order chi connectivity index (χ1) is 11.8. The predicted octanol–water partition coefficient (Wildman–Crippen LogP) is 3.57. The Labute approximate surface area is 152 Å². The van der Waals surface area contributed by atoms with Crippen LogP contribution in [0.5, 0.6) is 0 Å². The number of hydrogen-bond donors (Lipinski definition) is 2. The van der Waals surface area contributed by atoms with Gasteiger partial charge in [-0.1, -0.05) is 29.8 Å². The number of esters is 1. The van der Waals surface area contributed by atoms with Crippen molar-refractivity contribution in [3.63, 3.8) is 0 Å². The second-order valence-electron chi connectivity index (χ2n) is 5.95. The van der Waals surface area contributed by atoms with Crippen LogP contribution >= 0.6 is 11.6 Å². The number of halogens is 1. The van der Waals surface area contributed by atoms with E-state index in [1.165, 1.54) is 23.8 Å². The number of aryl methyl sites for hydroxylation is 2. The standard InChI is InChI=1S/C19H21ClN2O3/c1-11-4-5-14(8-12(11)2)13(3)22-18(23)10-25-19(24)15-6-7-16(20)17(21)9-15/h4-9,13H,10,21H2,1-3H3,(H,22,23)/t13-/m1/s1. The predicted molar refractivity (Wildman–Crippen MR) is 98.6 cm³/mol. The molecular formula is C19H21ClN2O3. The van der Waals surface area contributed by atoms with E-state index in [4.69, 9.17) is 22.1 Å². The van der Waals surface area contributed by atoms with E-state index in [1.807, 2.05) is 39.0 Å². The van der Waals surface area contributed by atoms with Crippen LogP contribution < -0.4 is 11.1 Å². The van der Waals surface area contributed by atoms with Gasteiger partial charge in [0.15, 0.2) is 6.61 Å². The fourth-order valence-corrected chi connectivity index (χ4v) is 2.40. The van der Waals surface area contributed by atoms with Gasteiger partial charge in [0.25, 0.3) is 5.91 Å². The molecule has 5 nitrogen and oxygen atoms in total. The number of nitrogens with two attached hydrogens (primary N) is 1. The summed E-state index contributed by atoms with van der Waals surface area (Å²) in [6, 6.07) is 10.3. The number of carbonyl (C=O) groups excluding carboxylic acids is 2. The quantitative estimate of drug-likeness (QED) is 0.630. The largest absolute Gasteiger partial charge is 0.452 e. The Bertz CT molecular complexity index is 805. The highest BCUT2D eigenvalue weighted by Gasteiger charge is 2.14. The van der Waals surface area contributed by atoms with Gasteiger partial charge in [0.05, 0.1) is 22.3 Å². The van der Waals surface area contributed by atoms with Gasteiger partial charge in [-0.25, -0.2) is 4.79 Å². The number of benzene rings is 2. The number of ether oxygens (including phenoxy) is 1. The first-order valence-corrected chi connectivity index (χ1v) is 8.24. The molecule has 2 rings (SSSR count). The van der Waals surface area contributed by atoms with Gasteiger partial charge >= 0.3 is 5.97 Å². The van der Waals surface area contributed by atoms with Crippen molar-refractivity contribution in [3.05, 3.63) is 63.7 Å². The Morgan fingerprint density at radius 2 is 1.88 bits per heavy atom. The highest BCUT2D eigenvalue weighted by Crippen LogP contribution is 2.20. The van der Waals surface area contributed by atoms with Crippen molar-refractivity contribution in [2.24, 2.45) is 0 Å². The molecule has 0 saturated carbocycles. The van der Waals surface area contributed by atoms with Crippen molar-refractivity contribution in [1.29, 1.82) is 0 Å². The van der Waals surface area contributed by atoms with Crippen LogP contribution in [0.15, 0.2) is 36.4 Å². The molecule has 0 saturated heterocycles. The van der Waals surface area contributed by atoms with E-state index in [-0.39, 0.29) is 29.8 Å². The van der Waals surface area contributed by atoms with E-state index < -0.39 is 5.97 Å². The molecule has 0 aliphatic carbocycles. The molecule has 0 aliphatic rings.